The number of aryl methyl sites for hydroxylation is 1. The molecule has 0 radical (unpaired) electrons. The van der Waals surface area contributed by atoms with Crippen LogP contribution in [0.15, 0.2) is 91.3 Å². The molecule has 4 heterocycles. The minimum absolute atomic E-state index is 0.00152. The number of nitro groups is 1. The Morgan fingerprint density at radius 1 is 0.949 bits per heavy atom. The van der Waals surface area contributed by atoms with Crippen LogP contribution in [-0.4, -0.2) is 44.5 Å². The third-order valence-corrected chi connectivity index (χ3v) is 6.74. The second-order valence-electron chi connectivity index (χ2n) is 9.08. The fraction of sp³-hybridized carbons (Fsp3) is 0.0741. The van der Waals surface area contributed by atoms with Crippen molar-refractivity contribution in [2.24, 2.45) is 0 Å². The molecule has 0 spiro atoms. The van der Waals surface area contributed by atoms with Gasteiger partial charge in [-0.25, -0.2) is 4.68 Å². The van der Waals surface area contributed by atoms with Crippen LogP contribution in [0.4, 0.5) is 11.6 Å². The van der Waals surface area contributed by atoms with Gasteiger partial charge in [0.1, 0.15) is 11.8 Å². The Balaban J connectivity index is 1.49. The number of anilines is 1. The van der Waals surface area contributed by atoms with Crippen molar-refractivity contribution < 1.29 is 4.92 Å². The highest BCUT2D eigenvalue weighted by molar-refractivity contribution is 5.79. The first-order valence-electron chi connectivity index (χ1n) is 12.2. The molecule has 1 N–H and O–H groups in total. The maximum atomic E-state index is 11.5. The summed E-state index contributed by atoms with van der Waals surface area (Å²) in [6.45, 7) is 1.95. The topological polar surface area (TPSA) is 134 Å². The number of hydrogen-bond acceptors (Lipinski definition) is 8. The van der Waals surface area contributed by atoms with E-state index in [0.29, 0.717) is 23.0 Å². The quantitative estimate of drug-likeness (QED) is 0.262. The number of non-ortho nitro benzene ring substituents is 1. The summed E-state index contributed by atoms with van der Waals surface area (Å²) < 4.78 is 5.56. The van der Waals surface area contributed by atoms with Gasteiger partial charge in [0.2, 0.25) is 5.95 Å². The van der Waals surface area contributed by atoms with Gasteiger partial charge in [-0.1, -0.05) is 47.7 Å². The molecule has 190 valence electrons. The zero-order chi connectivity index (χ0) is 26.5. The number of nitro benzene ring substituents is 1. The number of para-hydroxylation sites is 2. The van der Waals surface area contributed by atoms with Crippen molar-refractivity contribution in [2.45, 2.75) is 13.0 Å². The lowest BCUT2D eigenvalue weighted by Gasteiger charge is -2.25. The number of fused-ring (bicyclic) bond motifs is 2. The Morgan fingerprint density at radius 3 is 2.62 bits per heavy atom. The summed E-state index contributed by atoms with van der Waals surface area (Å²) in [6.07, 6.45) is 3.65. The first-order valence-corrected chi connectivity index (χ1v) is 12.2. The maximum Gasteiger partial charge on any atom is 0.270 e. The summed E-state index contributed by atoms with van der Waals surface area (Å²) in [7, 11) is 0. The van der Waals surface area contributed by atoms with Crippen LogP contribution in [0.1, 0.15) is 22.9 Å². The molecule has 0 amide bonds. The molecule has 0 saturated carbocycles. The highest BCUT2D eigenvalue weighted by atomic mass is 16.6. The number of hydrogen-bond donors (Lipinski definition) is 1. The van der Waals surface area contributed by atoms with Gasteiger partial charge in [0.05, 0.1) is 27.9 Å². The predicted molar refractivity (Wildman–Crippen MR) is 144 cm³/mol. The molecule has 3 aromatic heterocycles. The van der Waals surface area contributed by atoms with Gasteiger partial charge >= 0.3 is 0 Å². The van der Waals surface area contributed by atoms with Gasteiger partial charge in [-0.15, -0.1) is 15.3 Å². The number of allylic oxidation sites excluding steroid dienone is 1. The number of rotatable bonds is 5. The van der Waals surface area contributed by atoms with Gasteiger partial charge in [-0.05, 0) is 37.3 Å². The van der Waals surface area contributed by atoms with Crippen LogP contribution < -0.4 is 5.32 Å². The van der Waals surface area contributed by atoms with Crippen LogP contribution >= 0.6 is 0 Å². The fourth-order valence-electron chi connectivity index (χ4n) is 4.97. The Labute approximate surface area is 221 Å². The minimum atomic E-state index is -0.408. The minimum Gasteiger partial charge on any atom is -0.324 e. The molecule has 7 rings (SSSR count). The average molecular weight is 517 g/mol. The van der Waals surface area contributed by atoms with Crippen LogP contribution in [0.2, 0.25) is 0 Å². The lowest BCUT2D eigenvalue weighted by molar-refractivity contribution is -0.384. The normalized spacial score (nSPS) is 14.6. The standard InChI is InChI=1S/C27H20N10O2/c1-17-25(24-15-22(29-27-31-28-16-34(24)27)18-8-7-11-20(14-18)37(38)39)26(35(32-17)19-9-3-2-4-10-19)36-23-13-6-5-12-21(23)30-33-36/h2-16,24H,1H3,(H,29,31). The zero-order valence-corrected chi connectivity index (χ0v) is 20.6. The lowest BCUT2D eigenvalue weighted by atomic mass is 10.0. The number of nitrogens with zero attached hydrogens (tertiary/aromatic N) is 9. The average Bonchev–Trinajstić information content (AvgIpc) is 3.70. The second-order valence-corrected chi connectivity index (χ2v) is 9.08. The molecule has 0 fully saturated rings. The molecule has 1 unspecified atom stereocenters. The van der Waals surface area contributed by atoms with Crippen LogP contribution in [0.25, 0.3) is 28.2 Å². The lowest BCUT2D eigenvalue weighted by Crippen LogP contribution is -2.21. The van der Waals surface area contributed by atoms with Crippen molar-refractivity contribution in [2.75, 3.05) is 5.32 Å². The summed E-state index contributed by atoms with van der Waals surface area (Å²) in [6, 6.07) is 23.7. The molecule has 39 heavy (non-hydrogen) atoms. The van der Waals surface area contributed by atoms with Crippen LogP contribution in [0, 0.1) is 17.0 Å². The number of aromatic nitrogens is 8. The molecular weight excluding hydrogens is 496 g/mol. The highest BCUT2D eigenvalue weighted by Crippen LogP contribution is 2.38. The molecule has 0 bridgehead atoms. The molecule has 3 aromatic carbocycles. The van der Waals surface area contributed by atoms with Crippen molar-refractivity contribution in [3.05, 3.63) is 118 Å². The maximum absolute atomic E-state index is 11.5. The molecule has 1 atom stereocenters. The third kappa shape index (κ3) is 3.65. The molecule has 1 aliphatic rings. The molecule has 6 aromatic rings. The van der Waals surface area contributed by atoms with E-state index in [1.54, 1.807) is 17.1 Å². The fourth-order valence-corrected chi connectivity index (χ4v) is 4.97. The Hall–Kier alpha value is -5.65. The predicted octanol–water partition coefficient (Wildman–Crippen LogP) is 4.47. The van der Waals surface area contributed by atoms with E-state index in [0.717, 1.165) is 28.0 Å². The van der Waals surface area contributed by atoms with Gasteiger partial charge in [-0.2, -0.15) is 9.78 Å². The summed E-state index contributed by atoms with van der Waals surface area (Å²) in [4.78, 5) is 11.0. The largest absolute Gasteiger partial charge is 0.324 e. The smallest absolute Gasteiger partial charge is 0.270 e. The first-order chi connectivity index (χ1) is 19.1. The van der Waals surface area contributed by atoms with Crippen molar-refractivity contribution >= 4 is 28.4 Å². The summed E-state index contributed by atoms with van der Waals surface area (Å²) in [5.74, 6) is 1.22. The van der Waals surface area contributed by atoms with E-state index >= 15 is 0 Å². The van der Waals surface area contributed by atoms with Crippen molar-refractivity contribution in [1.29, 1.82) is 0 Å². The van der Waals surface area contributed by atoms with E-state index in [1.807, 2.05) is 82.9 Å². The van der Waals surface area contributed by atoms with Gasteiger partial charge < -0.3 is 5.32 Å². The monoisotopic (exact) mass is 516 g/mol. The van der Waals surface area contributed by atoms with Crippen LogP contribution in [0.3, 0.4) is 0 Å². The molecule has 0 aliphatic carbocycles. The zero-order valence-electron chi connectivity index (χ0n) is 20.6. The Bertz CT molecular complexity index is 1900. The van der Waals surface area contributed by atoms with E-state index in [9.17, 15) is 10.1 Å². The SMILES string of the molecule is Cc1nn(-c2ccccc2)c(-n2nnc3ccccc32)c1C1C=C(c2cccc([N+](=O)[O-])c2)Nc2nncn21. The third-order valence-electron chi connectivity index (χ3n) is 6.74. The van der Waals surface area contributed by atoms with Gasteiger partial charge in [-0.3, -0.25) is 14.7 Å². The summed E-state index contributed by atoms with van der Waals surface area (Å²) in [5, 5.41) is 37.0. The summed E-state index contributed by atoms with van der Waals surface area (Å²) in [5.41, 5.74) is 5.41. The van der Waals surface area contributed by atoms with Crippen molar-refractivity contribution in [3.63, 3.8) is 0 Å². The molecule has 1 aliphatic heterocycles. The van der Waals surface area contributed by atoms with Crippen molar-refractivity contribution in [1.82, 2.24) is 39.5 Å². The second kappa shape index (κ2) is 8.73. The van der Waals surface area contributed by atoms with E-state index < -0.39 is 11.0 Å². The van der Waals surface area contributed by atoms with E-state index in [4.69, 9.17) is 5.10 Å². The van der Waals surface area contributed by atoms with Gasteiger partial charge in [0, 0.05) is 29.0 Å². The Morgan fingerprint density at radius 2 is 1.77 bits per heavy atom. The first kappa shape index (κ1) is 22.5. The van der Waals surface area contributed by atoms with Gasteiger partial charge in [0.25, 0.3) is 5.69 Å². The van der Waals surface area contributed by atoms with Crippen LogP contribution in [-0.2, 0) is 0 Å². The number of benzene rings is 3. The molecule has 12 heteroatoms. The summed E-state index contributed by atoms with van der Waals surface area (Å²) >= 11 is 0. The van der Waals surface area contributed by atoms with Gasteiger partial charge in [0.15, 0.2) is 5.82 Å². The number of nitrogens with one attached hydrogen (secondary N) is 1. The van der Waals surface area contributed by atoms with E-state index in [-0.39, 0.29) is 5.69 Å². The molecule has 12 nitrogen and oxygen atoms in total. The molecule has 0 saturated heterocycles. The highest BCUT2D eigenvalue weighted by Gasteiger charge is 2.31. The Kier molecular flexibility index (Phi) is 5.05. The molecular formula is C27H20N10O2. The van der Waals surface area contributed by atoms with Crippen LogP contribution in [0.5, 0.6) is 0 Å². The van der Waals surface area contributed by atoms with E-state index in [2.05, 4.69) is 25.8 Å². The van der Waals surface area contributed by atoms with Crippen molar-refractivity contribution in [3.8, 4) is 11.5 Å². The van der Waals surface area contributed by atoms with E-state index in [1.165, 1.54) is 12.1 Å².